The van der Waals surface area contributed by atoms with Crippen molar-refractivity contribution in [2.75, 3.05) is 7.11 Å². The number of Topliss-reactive ketones (excluding diaryl/α,β-unsaturated/α-hetero) is 1. The number of hydrogen-bond acceptors (Lipinski definition) is 2. The van der Waals surface area contributed by atoms with E-state index in [9.17, 15) is 13.6 Å². The number of allylic oxidation sites excluding steroid dienone is 1. The van der Waals surface area contributed by atoms with Gasteiger partial charge in [0.1, 0.15) is 5.75 Å². The molecule has 0 aliphatic rings. The van der Waals surface area contributed by atoms with Crippen molar-refractivity contribution in [3.8, 4) is 5.75 Å². The van der Waals surface area contributed by atoms with E-state index in [-0.39, 0.29) is 11.1 Å². The highest BCUT2D eigenvalue weighted by Crippen LogP contribution is 2.32. The Bertz CT molecular complexity index is 948. The van der Waals surface area contributed by atoms with Crippen molar-refractivity contribution in [2.24, 2.45) is 0 Å². The zero-order chi connectivity index (χ0) is 19.3. The van der Waals surface area contributed by atoms with Gasteiger partial charge in [-0.1, -0.05) is 72.8 Å². The van der Waals surface area contributed by atoms with Crippen molar-refractivity contribution >= 4 is 11.4 Å². The lowest BCUT2D eigenvalue weighted by atomic mass is 9.94. The lowest BCUT2D eigenvalue weighted by molar-refractivity contribution is 0.0384. The van der Waals surface area contributed by atoms with E-state index >= 15 is 0 Å². The highest BCUT2D eigenvalue weighted by molar-refractivity contribution is 6.04. The van der Waals surface area contributed by atoms with Crippen molar-refractivity contribution in [1.29, 1.82) is 0 Å². The second-order valence-electron chi connectivity index (χ2n) is 5.97. The van der Waals surface area contributed by atoms with Gasteiger partial charge in [0.2, 0.25) is 5.78 Å². The molecule has 3 aromatic rings. The molecule has 0 aliphatic heterocycles. The Morgan fingerprint density at radius 1 is 0.815 bits per heavy atom. The fourth-order valence-electron chi connectivity index (χ4n) is 2.77. The van der Waals surface area contributed by atoms with Crippen LogP contribution in [-0.2, 0) is 0 Å². The largest absolute Gasteiger partial charge is 0.497 e. The van der Waals surface area contributed by atoms with E-state index in [0.717, 1.165) is 6.08 Å². The molecule has 0 saturated carbocycles. The highest BCUT2D eigenvalue weighted by Gasteiger charge is 2.37. The summed E-state index contributed by atoms with van der Waals surface area (Å²) in [7, 11) is 1.51. The fraction of sp³-hybridized carbons (Fsp3) is 0.0870. The minimum absolute atomic E-state index is 0.0307. The van der Waals surface area contributed by atoms with Crippen LogP contribution in [0.1, 0.15) is 21.5 Å². The summed E-state index contributed by atoms with van der Waals surface area (Å²) >= 11 is 0. The van der Waals surface area contributed by atoms with Crippen LogP contribution in [0, 0.1) is 0 Å². The number of halogens is 2. The molecule has 0 bridgehead atoms. The molecule has 0 unspecified atom stereocenters. The molecule has 0 saturated heterocycles. The Kier molecular flexibility index (Phi) is 5.46. The number of rotatable bonds is 6. The first-order valence-corrected chi connectivity index (χ1v) is 8.41. The van der Waals surface area contributed by atoms with Crippen LogP contribution >= 0.6 is 0 Å². The molecule has 4 heteroatoms. The molecule has 3 rings (SSSR count). The Hall–Kier alpha value is -3.27. The third-order valence-corrected chi connectivity index (χ3v) is 4.13. The van der Waals surface area contributed by atoms with Gasteiger partial charge in [-0.25, -0.2) is 0 Å². The summed E-state index contributed by atoms with van der Waals surface area (Å²) in [6.07, 6.45) is 0.729. The minimum Gasteiger partial charge on any atom is -0.497 e. The van der Waals surface area contributed by atoms with Crippen LogP contribution in [0.15, 0.2) is 91.0 Å². The summed E-state index contributed by atoms with van der Waals surface area (Å²) in [5.74, 6) is -4.35. The predicted octanol–water partition coefficient (Wildman–Crippen LogP) is 5.65. The van der Waals surface area contributed by atoms with Gasteiger partial charge in [-0.3, -0.25) is 4.79 Å². The molecule has 0 aliphatic carbocycles. The van der Waals surface area contributed by atoms with Gasteiger partial charge in [0.15, 0.2) is 0 Å². The topological polar surface area (TPSA) is 26.3 Å². The molecule has 27 heavy (non-hydrogen) atoms. The number of hydrogen-bond donors (Lipinski definition) is 0. The van der Waals surface area contributed by atoms with E-state index in [1.807, 2.05) is 0 Å². The molecule has 0 spiro atoms. The van der Waals surface area contributed by atoms with E-state index in [1.54, 1.807) is 72.8 Å². The lowest BCUT2D eigenvalue weighted by Crippen LogP contribution is -2.26. The summed E-state index contributed by atoms with van der Waals surface area (Å²) < 4.78 is 34.9. The van der Waals surface area contributed by atoms with Crippen LogP contribution in [0.2, 0.25) is 0 Å². The smallest absolute Gasteiger partial charge is 0.329 e. The lowest BCUT2D eigenvalue weighted by Gasteiger charge is -2.16. The van der Waals surface area contributed by atoms with E-state index in [4.69, 9.17) is 4.74 Å². The van der Waals surface area contributed by atoms with Gasteiger partial charge < -0.3 is 4.74 Å². The van der Waals surface area contributed by atoms with E-state index in [0.29, 0.717) is 16.9 Å². The number of ketones is 1. The Morgan fingerprint density at radius 3 is 1.96 bits per heavy atom. The van der Waals surface area contributed by atoms with Crippen molar-refractivity contribution in [3.63, 3.8) is 0 Å². The number of benzene rings is 3. The van der Waals surface area contributed by atoms with Crippen LogP contribution in [-0.4, -0.2) is 18.8 Å². The molecule has 0 heterocycles. The molecule has 0 fully saturated rings. The first kappa shape index (κ1) is 18.5. The number of alkyl halides is 2. The van der Waals surface area contributed by atoms with Gasteiger partial charge in [-0.15, -0.1) is 0 Å². The van der Waals surface area contributed by atoms with Crippen LogP contribution in [0.4, 0.5) is 8.78 Å². The van der Waals surface area contributed by atoms with Crippen molar-refractivity contribution < 1.29 is 18.3 Å². The summed E-state index contributed by atoms with van der Waals surface area (Å²) in [6, 6.07) is 23.2. The van der Waals surface area contributed by atoms with Crippen LogP contribution in [0.3, 0.4) is 0 Å². The maximum Gasteiger partial charge on any atom is 0.329 e. The molecule has 0 N–H and O–H groups in total. The van der Waals surface area contributed by atoms with E-state index in [2.05, 4.69) is 0 Å². The van der Waals surface area contributed by atoms with Gasteiger partial charge in [0.05, 0.1) is 7.11 Å². The molecule has 136 valence electrons. The van der Waals surface area contributed by atoms with Gasteiger partial charge in [0, 0.05) is 11.6 Å². The second kappa shape index (κ2) is 7.96. The summed E-state index contributed by atoms with van der Waals surface area (Å²) in [4.78, 5) is 12.4. The molecule has 0 aromatic heterocycles. The average molecular weight is 364 g/mol. The fourth-order valence-corrected chi connectivity index (χ4v) is 2.77. The predicted molar refractivity (Wildman–Crippen MR) is 102 cm³/mol. The van der Waals surface area contributed by atoms with Gasteiger partial charge in [-0.2, -0.15) is 8.78 Å². The van der Waals surface area contributed by atoms with Crippen LogP contribution < -0.4 is 4.74 Å². The van der Waals surface area contributed by atoms with Crippen LogP contribution in [0.5, 0.6) is 5.75 Å². The summed E-state index contributed by atoms with van der Waals surface area (Å²) in [5.41, 5.74) is 1.37. The molecule has 0 amide bonds. The molecule has 0 radical (unpaired) electrons. The molecule has 2 nitrogen and oxygen atoms in total. The number of methoxy groups -OCH3 is 1. The van der Waals surface area contributed by atoms with E-state index < -0.39 is 11.7 Å². The average Bonchev–Trinajstić information content (AvgIpc) is 2.72. The quantitative estimate of drug-likeness (QED) is 0.529. The van der Waals surface area contributed by atoms with Crippen molar-refractivity contribution in [1.82, 2.24) is 0 Å². The molecule has 3 aromatic carbocycles. The third kappa shape index (κ3) is 4.29. The maximum atomic E-state index is 14.8. The normalized spacial score (nSPS) is 11.9. The van der Waals surface area contributed by atoms with Gasteiger partial charge >= 0.3 is 5.92 Å². The second-order valence-corrected chi connectivity index (χ2v) is 5.97. The Labute approximate surface area is 156 Å². The number of carbonyl (C=O) groups is 1. The summed E-state index contributed by atoms with van der Waals surface area (Å²) in [5, 5.41) is 0. The minimum atomic E-state index is -3.66. The summed E-state index contributed by atoms with van der Waals surface area (Å²) in [6.45, 7) is 0. The van der Waals surface area contributed by atoms with Gasteiger partial charge in [0.25, 0.3) is 0 Å². The molecule has 0 atom stereocenters. The molecular formula is C23H18F2O2. The number of ether oxygens (including phenoxy) is 1. The first-order chi connectivity index (χ1) is 13.0. The SMILES string of the molecule is COc1cccc(/C(=C/C(F)(F)C(=O)c2ccccc2)c2ccccc2)c1. The monoisotopic (exact) mass is 364 g/mol. The van der Waals surface area contributed by atoms with Crippen molar-refractivity contribution in [3.05, 3.63) is 108 Å². The zero-order valence-electron chi connectivity index (χ0n) is 14.7. The molecular weight excluding hydrogens is 346 g/mol. The van der Waals surface area contributed by atoms with Gasteiger partial charge in [-0.05, 0) is 28.8 Å². The van der Waals surface area contributed by atoms with E-state index in [1.165, 1.54) is 19.2 Å². The highest BCUT2D eigenvalue weighted by atomic mass is 19.3. The third-order valence-electron chi connectivity index (χ3n) is 4.13. The standard InChI is InChI=1S/C23H18F2O2/c1-27-20-14-8-13-19(15-20)21(17-9-4-2-5-10-17)16-23(24,25)22(26)18-11-6-3-7-12-18/h2-16H,1H3/b21-16+. The van der Waals surface area contributed by atoms with Crippen molar-refractivity contribution in [2.45, 2.75) is 5.92 Å². The first-order valence-electron chi connectivity index (χ1n) is 8.41. The zero-order valence-corrected chi connectivity index (χ0v) is 14.7. The number of carbonyl (C=O) groups excluding carboxylic acids is 1. The van der Waals surface area contributed by atoms with Crippen LogP contribution in [0.25, 0.3) is 5.57 Å². The Morgan fingerprint density at radius 2 is 1.37 bits per heavy atom. The maximum absolute atomic E-state index is 14.8. The Balaban J connectivity index is 2.10.